The van der Waals surface area contributed by atoms with E-state index in [9.17, 15) is 0 Å². The molecule has 0 unspecified atom stereocenters. The fraction of sp³-hybridized carbons (Fsp3) is 0.261. The molecule has 1 heterocycles. The van der Waals surface area contributed by atoms with Crippen molar-refractivity contribution in [2.24, 2.45) is 0 Å². The number of aryl methyl sites for hydroxylation is 2. The summed E-state index contributed by atoms with van der Waals surface area (Å²) < 4.78 is 8.45. The number of ether oxygens (including phenoxy) is 1. The molecule has 0 saturated heterocycles. The molecular formula is C23H24N2O. The Kier molecular flexibility index (Phi) is 4.87. The van der Waals surface area contributed by atoms with Gasteiger partial charge >= 0.3 is 0 Å². The van der Waals surface area contributed by atoms with E-state index in [1.807, 2.05) is 0 Å². The molecule has 0 bridgehead atoms. The van der Waals surface area contributed by atoms with Crippen LogP contribution in [0.25, 0.3) is 21.8 Å². The molecule has 0 spiro atoms. The Hall–Kier alpha value is -2.81. The van der Waals surface area contributed by atoms with E-state index in [0.717, 1.165) is 37.1 Å². The molecule has 0 aliphatic carbocycles. The van der Waals surface area contributed by atoms with Crippen LogP contribution in [0.15, 0.2) is 66.7 Å². The molecule has 3 heteroatoms. The molecule has 0 saturated carbocycles. The quantitative estimate of drug-likeness (QED) is 0.407. The number of nitrogens with zero attached hydrogens (tertiary/aromatic N) is 2. The summed E-state index contributed by atoms with van der Waals surface area (Å²) in [6.07, 6.45) is 3.08. The third kappa shape index (κ3) is 3.30. The summed E-state index contributed by atoms with van der Waals surface area (Å²) in [6.45, 7) is 3.83. The van der Waals surface area contributed by atoms with Crippen molar-refractivity contribution in [3.8, 4) is 5.75 Å². The Bertz CT molecular complexity index is 1010. The van der Waals surface area contributed by atoms with Crippen molar-refractivity contribution in [2.45, 2.75) is 32.7 Å². The van der Waals surface area contributed by atoms with E-state index in [1.54, 1.807) is 0 Å². The Morgan fingerprint density at radius 2 is 1.73 bits per heavy atom. The number of aromatic nitrogens is 2. The Morgan fingerprint density at radius 3 is 2.65 bits per heavy atom. The zero-order valence-electron chi connectivity index (χ0n) is 15.2. The molecule has 3 nitrogen and oxygen atoms in total. The van der Waals surface area contributed by atoms with Gasteiger partial charge in [-0.2, -0.15) is 0 Å². The molecule has 4 aromatic rings. The molecule has 0 aliphatic rings. The highest BCUT2D eigenvalue weighted by atomic mass is 16.5. The Labute approximate surface area is 154 Å². The van der Waals surface area contributed by atoms with Crippen LogP contribution >= 0.6 is 0 Å². The van der Waals surface area contributed by atoms with Gasteiger partial charge < -0.3 is 9.30 Å². The average molecular weight is 344 g/mol. The van der Waals surface area contributed by atoms with E-state index in [0.29, 0.717) is 6.61 Å². The highest BCUT2D eigenvalue weighted by Gasteiger charge is 2.09. The lowest BCUT2D eigenvalue weighted by molar-refractivity contribution is 0.305. The molecule has 0 atom stereocenters. The summed E-state index contributed by atoms with van der Waals surface area (Å²) in [5, 5.41) is 2.39. The van der Waals surface area contributed by atoms with Crippen LogP contribution in [-0.4, -0.2) is 16.2 Å². The molecule has 0 N–H and O–H groups in total. The van der Waals surface area contributed by atoms with Crippen LogP contribution in [0.2, 0.25) is 0 Å². The van der Waals surface area contributed by atoms with Gasteiger partial charge in [0.15, 0.2) is 0 Å². The summed E-state index contributed by atoms with van der Waals surface area (Å²) >= 11 is 0. The van der Waals surface area contributed by atoms with E-state index in [4.69, 9.17) is 9.72 Å². The minimum atomic E-state index is 0.700. The number of hydrogen-bond acceptors (Lipinski definition) is 2. The number of para-hydroxylation sites is 2. The SMILES string of the molecule is CCCc1nc2ccccc2n1CCCOc1cccc2ccccc12. The normalized spacial score (nSPS) is 11.3. The van der Waals surface area contributed by atoms with Gasteiger partial charge in [-0.05, 0) is 36.4 Å². The summed E-state index contributed by atoms with van der Waals surface area (Å²) in [4.78, 5) is 4.80. The van der Waals surface area contributed by atoms with E-state index >= 15 is 0 Å². The zero-order valence-corrected chi connectivity index (χ0v) is 15.2. The van der Waals surface area contributed by atoms with E-state index in [-0.39, 0.29) is 0 Å². The van der Waals surface area contributed by atoms with Crippen molar-refractivity contribution >= 4 is 21.8 Å². The topological polar surface area (TPSA) is 27.1 Å². The number of fused-ring (bicyclic) bond motifs is 2. The maximum absolute atomic E-state index is 6.10. The van der Waals surface area contributed by atoms with Crippen LogP contribution in [-0.2, 0) is 13.0 Å². The van der Waals surface area contributed by atoms with Crippen LogP contribution in [0.3, 0.4) is 0 Å². The predicted molar refractivity (Wildman–Crippen MR) is 108 cm³/mol. The average Bonchev–Trinajstić information content (AvgIpc) is 3.03. The van der Waals surface area contributed by atoms with Gasteiger partial charge in [-0.3, -0.25) is 0 Å². The van der Waals surface area contributed by atoms with Crippen molar-refractivity contribution in [3.05, 3.63) is 72.6 Å². The monoisotopic (exact) mass is 344 g/mol. The number of hydrogen-bond donors (Lipinski definition) is 0. The van der Waals surface area contributed by atoms with Crippen LogP contribution in [0.1, 0.15) is 25.6 Å². The molecule has 1 aromatic heterocycles. The lowest BCUT2D eigenvalue weighted by Gasteiger charge is -2.11. The molecular weight excluding hydrogens is 320 g/mol. The number of benzene rings is 3. The molecule has 0 fully saturated rings. The molecule has 0 aliphatic heterocycles. The first-order valence-corrected chi connectivity index (χ1v) is 9.41. The zero-order chi connectivity index (χ0) is 17.8. The highest BCUT2D eigenvalue weighted by molar-refractivity contribution is 5.88. The van der Waals surface area contributed by atoms with Gasteiger partial charge in [0.05, 0.1) is 17.6 Å². The maximum atomic E-state index is 6.10. The van der Waals surface area contributed by atoms with Gasteiger partial charge in [-0.15, -0.1) is 0 Å². The highest BCUT2D eigenvalue weighted by Crippen LogP contribution is 2.25. The standard InChI is InChI=1S/C23H24N2O/c1-2-9-23-24-20-13-5-6-14-21(20)25(23)16-8-17-26-22-15-7-11-18-10-3-4-12-19(18)22/h3-7,10-15H,2,8-9,16-17H2,1H3. The summed E-state index contributed by atoms with van der Waals surface area (Å²) in [7, 11) is 0. The van der Waals surface area contributed by atoms with Crippen LogP contribution in [0.5, 0.6) is 5.75 Å². The smallest absolute Gasteiger partial charge is 0.127 e. The van der Waals surface area contributed by atoms with E-state index < -0.39 is 0 Å². The van der Waals surface area contributed by atoms with Crippen molar-refractivity contribution in [2.75, 3.05) is 6.61 Å². The van der Waals surface area contributed by atoms with Crippen LogP contribution < -0.4 is 4.74 Å². The molecule has 3 aromatic carbocycles. The molecule has 132 valence electrons. The largest absolute Gasteiger partial charge is 0.493 e. The second-order valence-electron chi connectivity index (χ2n) is 6.60. The van der Waals surface area contributed by atoms with Crippen molar-refractivity contribution in [1.29, 1.82) is 0 Å². The van der Waals surface area contributed by atoms with Gasteiger partial charge in [0.1, 0.15) is 11.6 Å². The fourth-order valence-electron chi connectivity index (χ4n) is 3.52. The number of rotatable bonds is 7. The van der Waals surface area contributed by atoms with Crippen molar-refractivity contribution in [1.82, 2.24) is 9.55 Å². The molecule has 4 rings (SSSR count). The van der Waals surface area contributed by atoms with Crippen molar-refractivity contribution in [3.63, 3.8) is 0 Å². The van der Waals surface area contributed by atoms with Crippen LogP contribution in [0.4, 0.5) is 0 Å². The third-order valence-corrected chi connectivity index (χ3v) is 4.74. The van der Waals surface area contributed by atoms with Gasteiger partial charge in [0, 0.05) is 18.4 Å². The van der Waals surface area contributed by atoms with Gasteiger partial charge in [-0.25, -0.2) is 4.98 Å². The van der Waals surface area contributed by atoms with Gasteiger partial charge in [-0.1, -0.05) is 55.5 Å². The predicted octanol–water partition coefficient (Wildman–Crippen LogP) is 5.61. The molecule has 0 amide bonds. The first-order chi connectivity index (χ1) is 12.9. The minimum Gasteiger partial charge on any atom is -0.493 e. The molecule has 26 heavy (non-hydrogen) atoms. The summed E-state index contributed by atoms with van der Waals surface area (Å²) in [6, 6.07) is 23.0. The second kappa shape index (κ2) is 7.61. The number of imidazole rings is 1. The first-order valence-electron chi connectivity index (χ1n) is 9.41. The van der Waals surface area contributed by atoms with E-state index in [2.05, 4.69) is 78.2 Å². The summed E-state index contributed by atoms with van der Waals surface area (Å²) in [5.41, 5.74) is 2.31. The first kappa shape index (κ1) is 16.6. The van der Waals surface area contributed by atoms with Crippen LogP contribution in [0, 0.1) is 0 Å². The minimum absolute atomic E-state index is 0.700. The Morgan fingerprint density at radius 1 is 0.923 bits per heavy atom. The lowest BCUT2D eigenvalue weighted by Crippen LogP contribution is -2.08. The van der Waals surface area contributed by atoms with Gasteiger partial charge in [0.2, 0.25) is 0 Å². The Balaban J connectivity index is 1.46. The van der Waals surface area contributed by atoms with E-state index in [1.165, 1.54) is 22.1 Å². The lowest BCUT2D eigenvalue weighted by atomic mass is 10.1. The van der Waals surface area contributed by atoms with Gasteiger partial charge in [0.25, 0.3) is 0 Å². The van der Waals surface area contributed by atoms with Crippen molar-refractivity contribution < 1.29 is 4.74 Å². The third-order valence-electron chi connectivity index (χ3n) is 4.74. The fourth-order valence-corrected chi connectivity index (χ4v) is 3.52. The maximum Gasteiger partial charge on any atom is 0.127 e. The molecule has 0 radical (unpaired) electrons. The summed E-state index contributed by atoms with van der Waals surface area (Å²) in [5.74, 6) is 2.14. The second-order valence-corrected chi connectivity index (χ2v) is 6.60.